The Bertz CT molecular complexity index is 454. The second kappa shape index (κ2) is 17.5. The molecule has 0 N–H and O–H groups in total. The van der Waals surface area contributed by atoms with Crippen LogP contribution in [-0.2, 0) is 0 Å². The maximum Gasteiger partial charge on any atom is 0.198 e. The van der Waals surface area contributed by atoms with Crippen LogP contribution in [0.4, 0.5) is 0 Å². The van der Waals surface area contributed by atoms with Crippen LogP contribution in [0, 0.1) is 0 Å². The van der Waals surface area contributed by atoms with Crippen LogP contribution in [0.1, 0.15) is 110 Å². The number of unbranched alkanes of at least 4 members (excludes halogenated alkanes) is 15. The Hall–Kier alpha value is -0.610. The molecule has 6 heteroatoms. The number of halogens is 2. The summed E-state index contributed by atoms with van der Waals surface area (Å²) in [7, 11) is 0. The number of hydrogen-bond acceptors (Lipinski definition) is 4. The van der Waals surface area contributed by atoms with Gasteiger partial charge in [0.05, 0.1) is 6.61 Å². The molecule has 0 fully saturated rings. The fraction of sp³-hybridized carbons (Fsp3) is 0.857. The standard InChI is InChI=1S/C21H37Cl2N3O/c1-2-3-4-5-6-7-8-9-10-11-12-13-14-15-16-17-18-27-19-20(22)24-26-25-21(19)23/h2-18H2,1H3. The van der Waals surface area contributed by atoms with E-state index in [1.807, 2.05) is 0 Å². The molecule has 0 radical (unpaired) electrons. The van der Waals surface area contributed by atoms with Crippen molar-refractivity contribution in [2.75, 3.05) is 6.61 Å². The molecule has 0 amide bonds. The zero-order valence-corrected chi connectivity index (χ0v) is 18.5. The molecule has 0 saturated carbocycles. The lowest BCUT2D eigenvalue weighted by molar-refractivity contribution is 0.301. The zero-order valence-electron chi connectivity index (χ0n) is 17.0. The van der Waals surface area contributed by atoms with Crippen molar-refractivity contribution in [1.29, 1.82) is 0 Å². The van der Waals surface area contributed by atoms with Gasteiger partial charge in [0.15, 0.2) is 16.1 Å². The normalized spacial score (nSPS) is 11.1. The molecule has 0 aromatic carbocycles. The van der Waals surface area contributed by atoms with E-state index in [0.717, 1.165) is 6.42 Å². The third-order valence-electron chi connectivity index (χ3n) is 4.88. The van der Waals surface area contributed by atoms with Crippen molar-refractivity contribution in [1.82, 2.24) is 15.4 Å². The Morgan fingerprint density at radius 3 is 1.37 bits per heavy atom. The quantitative estimate of drug-likeness (QED) is 0.228. The molecule has 0 aliphatic carbocycles. The van der Waals surface area contributed by atoms with Crippen molar-refractivity contribution in [2.24, 2.45) is 0 Å². The highest BCUT2D eigenvalue weighted by molar-refractivity contribution is 6.35. The van der Waals surface area contributed by atoms with Crippen LogP contribution in [0.5, 0.6) is 5.75 Å². The summed E-state index contributed by atoms with van der Waals surface area (Å²) in [5.74, 6) is 0.342. The molecular weight excluding hydrogens is 381 g/mol. The molecule has 1 aromatic heterocycles. The minimum absolute atomic E-state index is 0.173. The lowest BCUT2D eigenvalue weighted by atomic mass is 10.0. The number of aromatic nitrogens is 3. The van der Waals surface area contributed by atoms with Crippen LogP contribution in [-0.4, -0.2) is 22.0 Å². The molecule has 4 nitrogen and oxygen atoms in total. The van der Waals surface area contributed by atoms with E-state index < -0.39 is 0 Å². The Morgan fingerprint density at radius 2 is 0.963 bits per heavy atom. The second-order valence-electron chi connectivity index (χ2n) is 7.35. The van der Waals surface area contributed by atoms with Gasteiger partial charge in [-0.05, 0) is 11.6 Å². The molecule has 1 aromatic rings. The summed E-state index contributed by atoms with van der Waals surface area (Å²) in [5.41, 5.74) is 0. The van der Waals surface area contributed by atoms with Crippen molar-refractivity contribution in [2.45, 2.75) is 110 Å². The monoisotopic (exact) mass is 417 g/mol. The van der Waals surface area contributed by atoms with Gasteiger partial charge in [-0.25, -0.2) is 0 Å². The van der Waals surface area contributed by atoms with Crippen molar-refractivity contribution >= 4 is 23.2 Å². The predicted molar refractivity (Wildman–Crippen MR) is 115 cm³/mol. The third-order valence-corrected chi connectivity index (χ3v) is 5.38. The van der Waals surface area contributed by atoms with E-state index in [4.69, 9.17) is 27.9 Å². The predicted octanol–water partition coefficient (Wildman–Crippen LogP) is 7.82. The SMILES string of the molecule is CCCCCCCCCCCCCCCCCCOc1c(Cl)nnnc1Cl. The highest BCUT2D eigenvalue weighted by Gasteiger charge is 2.10. The molecule has 1 heterocycles. The summed E-state index contributed by atoms with van der Waals surface area (Å²) in [5, 5.41) is 11.0. The second-order valence-corrected chi connectivity index (χ2v) is 8.07. The van der Waals surface area contributed by atoms with Gasteiger partial charge in [-0.3, -0.25) is 0 Å². The number of nitrogens with zero attached hydrogens (tertiary/aromatic N) is 3. The van der Waals surface area contributed by atoms with E-state index in [2.05, 4.69) is 22.3 Å². The molecule has 0 saturated heterocycles. The van der Waals surface area contributed by atoms with Crippen LogP contribution in [0.2, 0.25) is 10.3 Å². The number of hydrogen-bond donors (Lipinski definition) is 0. The Morgan fingerprint density at radius 1 is 0.593 bits per heavy atom. The van der Waals surface area contributed by atoms with Crippen LogP contribution in [0.3, 0.4) is 0 Å². The minimum atomic E-state index is 0.173. The summed E-state index contributed by atoms with van der Waals surface area (Å²) in [6.07, 6.45) is 21.7. The fourth-order valence-corrected chi connectivity index (χ4v) is 3.62. The molecule has 0 spiro atoms. The van der Waals surface area contributed by atoms with Crippen LogP contribution >= 0.6 is 23.2 Å². The molecule has 0 atom stereocenters. The molecule has 0 aliphatic rings. The summed E-state index contributed by atoms with van der Waals surface area (Å²) in [6, 6.07) is 0. The first-order valence-electron chi connectivity index (χ1n) is 10.9. The lowest BCUT2D eigenvalue weighted by Gasteiger charge is -2.07. The average Bonchev–Trinajstić information content (AvgIpc) is 2.66. The van der Waals surface area contributed by atoms with Gasteiger partial charge in [-0.1, -0.05) is 126 Å². The van der Waals surface area contributed by atoms with E-state index in [-0.39, 0.29) is 10.3 Å². The van der Waals surface area contributed by atoms with E-state index >= 15 is 0 Å². The Kier molecular flexibility index (Phi) is 15.8. The first kappa shape index (κ1) is 24.4. The van der Waals surface area contributed by atoms with Gasteiger partial charge in [0, 0.05) is 0 Å². The summed E-state index contributed by atoms with van der Waals surface area (Å²) in [4.78, 5) is 0. The van der Waals surface area contributed by atoms with E-state index in [1.165, 1.54) is 96.3 Å². The van der Waals surface area contributed by atoms with Crippen LogP contribution < -0.4 is 4.74 Å². The summed E-state index contributed by atoms with van der Waals surface area (Å²) in [6.45, 7) is 2.87. The topological polar surface area (TPSA) is 47.9 Å². The third kappa shape index (κ3) is 13.2. The molecule has 0 unspecified atom stereocenters. The van der Waals surface area contributed by atoms with E-state index in [9.17, 15) is 0 Å². The number of rotatable bonds is 18. The van der Waals surface area contributed by atoms with Crippen molar-refractivity contribution in [3.63, 3.8) is 0 Å². The summed E-state index contributed by atoms with van der Waals surface area (Å²) >= 11 is 11.8. The van der Waals surface area contributed by atoms with E-state index in [1.54, 1.807) is 0 Å². The van der Waals surface area contributed by atoms with Crippen molar-refractivity contribution in [3.8, 4) is 5.75 Å². The highest BCUT2D eigenvalue weighted by atomic mass is 35.5. The highest BCUT2D eigenvalue weighted by Crippen LogP contribution is 2.27. The Labute approximate surface area is 175 Å². The van der Waals surface area contributed by atoms with Gasteiger partial charge in [-0.2, -0.15) is 0 Å². The Balaban J connectivity index is 1.79. The molecule has 27 heavy (non-hydrogen) atoms. The van der Waals surface area contributed by atoms with Crippen LogP contribution in [0.25, 0.3) is 0 Å². The molecular formula is C21H37Cl2N3O. The number of ether oxygens (including phenoxy) is 1. The van der Waals surface area contributed by atoms with Gasteiger partial charge in [0.25, 0.3) is 0 Å². The first-order valence-corrected chi connectivity index (χ1v) is 11.7. The average molecular weight is 418 g/mol. The van der Waals surface area contributed by atoms with E-state index in [0.29, 0.717) is 12.4 Å². The van der Waals surface area contributed by atoms with Crippen molar-refractivity contribution < 1.29 is 4.74 Å². The van der Waals surface area contributed by atoms with Gasteiger partial charge in [0.2, 0.25) is 0 Å². The fourth-order valence-electron chi connectivity index (χ4n) is 3.22. The first-order chi connectivity index (χ1) is 13.3. The molecule has 156 valence electrons. The molecule has 0 aliphatic heterocycles. The molecule has 0 bridgehead atoms. The van der Waals surface area contributed by atoms with Crippen molar-refractivity contribution in [3.05, 3.63) is 10.3 Å². The van der Waals surface area contributed by atoms with Gasteiger partial charge < -0.3 is 4.74 Å². The smallest absolute Gasteiger partial charge is 0.198 e. The zero-order chi connectivity index (χ0) is 19.6. The maximum atomic E-state index is 5.88. The van der Waals surface area contributed by atoms with Gasteiger partial charge >= 0.3 is 0 Å². The molecule has 1 rings (SSSR count). The summed E-state index contributed by atoms with van der Waals surface area (Å²) < 4.78 is 5.56. The van der Waals surface area contributed by atoms with Gasteiger partial charge in [-0.15, -0.1) is 10.2 Å². The van der Waals surface area contributed by atoms with Gasteiger partial charge in [0.1, 0.15) is 0 Å². The minimum Gasteiger partial charge on any atom is -0.487 e. The maximum absolute atomic E-state index is 5.88. The lowest BCUT2D eigenvalue weighted by Crippen LogP contribution is -2.01. The largest absolute Gasteiger partial charge is 0.487 e. The van der Waals surface area contributed by atoms with Crippen LogP contribution in [0.15, 0.2) is 0 Å².